The molecule has 27 heavy (non-hydrogen) atoms. The first-order valence-electron chi connectivity index (χ1n) is 9.07. The van der Waals surface area contributed by atoms with Crippen molar-refractivity contribution in [3.05, 3.63) is 59.5 Å². The zero-order valence-electron chi connectivity index (χ0n) is 16.3. The maximum atomic E-state index is 12.2. The molecule has 0 aliphatic rings. The van der Waals surface area contributed by atoms with Gasteiger partial charge in [-0.1, -0.05) is 12.1 Å². The minimum atomic E-state index is -0.0559. The summed E-state index contributed by atoms with van der Waals surface area (Å²) in [6.45, 7) is 2.74. The van der Waals surface area contributed by atoms with Crippen molar-refractivity contribution >= 4 is 11.9 Å². The summed E-state index contributed by atoms with van der Waals surface area (Å²) in [5.74, 6) is 1.59. The molecule has 0 bridgehead atoms. The number of hydrogen-bond acceptors (Lipinski definition) is 4. The van der Waals surface area contributed by atoms with E-state index < -0.39 is 0 Å². The van der Waals surface area contributed by atoms with Gasteiger partial charge >= 0.3 is 0 Å². The van der Waals surface area contributed by atoms with E-state index in [-0.39, 0.29) is 5.91 Å². The van der Waals surface area contributed by atoms with Crippen molar-refractivity contribution in [2.45, 2.75) is 13.0 Å². The highest BCUT2D eigenvalue weighted by molar-refractivity contribution is 5.94. The molecule has 0 atom stereocenters. The summed E-state index contributed by atoms with van der Waals surface area (Å²) in [6, 6.07) is 11.4. The van der Waals surface area contributed by atoms with E-state index in [1.165, 1.54) is 0 Å². The van der Waals surface area contributed by atoms with Crippen LogP contribution in [0.3, 0.4) is 0 Å². The lowest BCUT2D eigenvalue weighted by Gasteiger charge is -2.13. The van der Waals surface area contributed by atoms with Gasteiger partial charge in [0.05, 0.1) is 6.26 Å². The minimum Gasteiger partial charge on any atom is -0.469 e. The number of furan rings is 1. The summed E-state index contributed by atoms with van der Waals surface area (Å²) < 4.78 is 5.31. The molecule has 0 radical (unpaired) electrons. The number of aliphatic imine (C=N–C) groups is 1. The molecule has 0 spiro atoms. The van der Waals surface area contributed by atoms with Crippen LogP contribution in [0.1, 0.15) is 21.7 Å². The Morgan fingerprint density at radius 1 is 1.11 bits per heavy atom. The number of carbonyl (C=O) groups excluding carboxylic acids is 1. The van der Waals surface area contributed by atoms with Gasteiger partial charge in [0, 0.05) is 45.2 Å². The molecule has 0 aliphatic heterocycles. The molecule has 2 rings (SSSR count). The van der Waals surface area contributed by atoms with Gasteiger partial charge < -0.3 is 25.3 Å². The van der Waals surface area contributed by atoms with Crippen LogP contribution in [0.4, 0.5) is 0 Å². The second-order valence-electron chi connectivity index (χ2n) is 6.44. The fourth-order valence-corrected chi connectivity index (χ4v) is 2.48. The molecule has 7 nitrogen and oxygen atoms in total. The largest absolute Gasteiger partial charge is 0.469 e. The Morgan fingerprint density at radius 3 is 2.67 bits per heavy atom. The summed E-state index contributed by atoms with van der Waals surface area (Å²) in [6.07, 6.45) is 2.46. The Kier molecular flexibility index (Phi) is 8.38. The lowest BCUT2D eigenvalue weighted by atomic mass is 10.1. The zero-order chi connectivity index (χ0) is 19.5. The highest BCUT2D eigenvalue weighted by Gasteiger charge is 2.06. The van der Waals surface area contributed by atoms with Gasteiger partial charge in [0.25, 0.3) is 5.91 Å². The van der Waals surface area contributed by atoms with E-state index in [9.17, 15) is 4.79 Å². The van der Waals surface area contributed by atoms with Crippen LogP contribution >= 0.6 is 0 Å². The molecule has 1 aromatic heterocycles. The van der Waals surface area contributed by atoms with Crippen molar-refractivity contribution in [1.82, 2.24) is 20.9 Å². The van der Waals surface area contributed by atoms with Crippen molar-refractivity contribution in [3.8, 4) is 0 Å². The molecule has 146 valence electrons. The van der Waals surface area contributed by atoms with Gasteiger partial charge in [-0.05, 0) is 43.9 Å². The van der Waals surface area contributed by atoms with Crippen LogP contribution in [0.5, 0.6) is 0 Å². The second kappa shape index (κ2) is 11.0. The van der Waals surface area contributed by atoms with Gasteiger partial charge in [-0.3, -0.25) is 9.79 Å². The van der Waals surface area contributed by atoms with Crippen LogP contribution in [0.25, 0.3) is 0 Å². The molecule has 0 saturated carbocycles. The lowest BCUT2D eigenvalue weighted by molar-refractivity contribution is 0.0951. The topological polar surface area (TPSA) is 81.9 Å². The number of carbonyl (C=O) groups is 1. The maximum absolute atomic E-state index is 12.2. The van der Waals surface area contributed by atoms with Crippen molar-refractivity contribution in [2.75, 3.05) is 40.8 Å². The van der Waals surface area contributed by atoms with Crippen molar-refractivity contribution < 1.29 is 9.21 Å². The monoisotopic (exact) mass is 371 g/mol. The van der Waals surface area contributed by atoms with E-state index in [4.69, 9.17) is 4.42 Å². The standard InChI is InChI=1S/C20H29N5O2/c1-21-20(23-10-9-18-8-5-13-27-18)24-15-16-6-4-7-17(14-16)19(26)22-11-12-25(2)3/h4-8,13-14H,9-12,15H2,1-3H3,(H,22,26)(H2,21,23,24). The van der Waals surface area contributed by atoms with E-state index in [0.717, 1.165) is 30.8 Å². The third-order valence-corrected chi connectivity index (χ3v) is 3.96. The van der Waals surface area contributed by atoms with E-state index in [2.05, 4.69) is 20.9 Å². The van der Waals surface area contributed by atoms with Crippen molar-refractivity contribution in [1.29, 1.82) is 0 Å². The molecule has 0 saturated heterocycles. The van der Waals surface area contributed by atoms with Crippen LogP contribution in [0.15, 0.2) is 52.1 Å². The van der Waals surface area contributed by atoms with Crippen molar-refractivity contribution in [2.24, 2.45) is 4.99 Å². The van der Waals surface area contributed by atoms with Crippen LogP contribution in [0.2, 0.25) is 0 Å². The third-order valence-electron chi connectivity index (χ3n) is 3.96. The number of benzene rings is 1. The fraction of sp³-hybridized carbons (Fsp3) is 0.400. The zero-order valence-corrected chi connectivity index (χ0v) is 16.3. The first-order valence-corrected chi connectivity index (χ1v) is 9.07. The molecule has 7 heteroatoms. The van der Waals surface area contributed by atoms with Gasteiger partial charge in [0.1, 0.15) is 5.76 Å². The SMILES string of the molecule is CN=C(NCCc1ccco1)NCc1cccc(C(=O)NCCN(C)C)c1. The van der Waals surface area contributed by atoms with Crippen molar-refractivity contribution in [3.63, 3.8) is 0 Å². The molecule has 0 aliphatic carbocycles. The van der Waals surface area contributed by atoms with Gasteiger partial charge in [-0.15, -0.1) is 0 Å². The van der Waals surface area contributed by atoms with Crippen LogP contribution in [-0.4, -0.2) is 57.5 Å². The fourth-order valence-electron chi connectivity index (χ4n) is 2.48. The summed E-state index contributed by atoms with van der Waals surface area (Å²) in [5, 5.41) is 9.44. The van der Waals surface area contributed by atoms with E-state index in [1.807, 2.05) is 55.4 Å². The normalized spacial score (nSPS) is 11.5. The van der Waals surface area contributed by atoms with E-state index >= 15 is 0 Å². The molecule has 3 N–H and O–H groups in total. The Hall–Kier alpha value is -2.80. The summed E-state index contributed by atoms with van der Waals surface area (Å²) in [4.78, 5) is 18.5. The number of nitrogens with one attached hydrogen (secondary N) is 3. The number of rotatable bonds is 9. The molecular weight excluding hydrogens is 342 g/mol. The van der Waals surface area contributed by atoms with Crippen LogP contribution < -0.4 is 16.0 Å². The average molecular weight is 371 g/mol. The number of nitrogens with zero attached hydrogens (tertiary/aromatic N) is 2. The number of likely N-dealkylation sites (N-methyl/N-ethyl adjacent to an activating group) is 1. The Morgan fingerprint density at radius 2 is 1.96 bits per heavy atom. The smallest absolute Gasteiger partial charge is 0.251 e. The molecule has 1 amide bonds. The summed E-state index contributed by atoms with van der Waals surface area (Å²) >= 11 is 0. The predicted molar refractivity (Wildman–Crippen MR) is 108 cm³/mol. The van der Waals surface area contributed by atoms with Gasteiger partial charge in [-0.2, -0.15) is 0 Å². The maximum Gasteiger partial charge on any atom is 0.251 e. The molecule has 0 unspecified atom stereocenters. The molecule has 0 fully saturated rings. The second-order valence-corrected chi connectivity index (χ2v) is 6.44. The highest BCUT2D eigenvalue weighted by atomic mass is 16.3. The summed E-state index contributed by atoms with van der Waals surface area (Å²) in [7, 11) is 5.69. The van der Waals surface area contributed by atoms with Gasteiger partial charge in [0.15, 0.2) is 5.96 Å². The number of amides is 1. The van der Waals surface area contributed by atoms with Gasteiger partial charge in [-0.25, -0.2) is 0 Å². The summed E-state index contributed by atoms with van der Waals surface area (Å²) in [5.41, 5.74) is 1.68. The number of hydrogen-bond donors (Lipinski definition) is 3. The lowest BCUT2D eigenvalue weighted by Crippen LogP contribution is -2.37. The first-order chi connectivity index (χ1) is 13.1. The Bertz CT molecular complexity index is 726. The minimum absolute atomic E-state index is 0.0559. The van der Waals surface area contributed by atoms with Crippen LogP contribution in [-0.2, 0) is 13.0 Å². The number of guanidine groups is 1. The van der Waals surface area contributed by atoms with Crippen LogP contribution in [0, 0.1) is 0 Å². The average Bonchev–Trinajstić information content (AvgIpc) is 3.18. The Balaban J connectivity index is 1.79. The first kappa shape index (κ1) is 20.5. The predicted octanol–water partition coefficient (Wildman–Crippen LogP) is 1.48. The quantitative estimate of drug-likeness (QED) is 0.459. The van der Waals surface area contributed by atoms with E-state index in [1.54, 1.807) is 13.3 Å². The van der Waals surface area contributed by atoms with E-state index in [0.29, 0.717) is 24.6 Å². The molecule has 2 aromatic rings. The molecule has 1 aromatic carbocycles. The van der Waals surface area contributed by atoms with Gasteiger partial charge in [0.2, 0.25) is 0 Å². The molecule has 1 heterocycles. The highest BCUT2D eigenvalue weighted by Crippen LogP contribution is 2.05. The Labute approximate surface area is 160 Å². The molecular formula is C20H29N5O2. The third kappa shape index (κ3) is 7.53.